The van der Waals surface area contributed by atoms with E-state index >= 15 is 0 Å². The van der Waals surface area contributed by atoms with Crippen LogP contribution in [0.3, 0.4) is 0 Å². The number of rotatable bonds is 7. The Bertz CT molecular complexity index is 1070. The predicted octanol–water partition coefficient (Wildman–Crippen LogP) is 6.31. The minimum Gasteiger partial charge on any atom is -0.355 e. The van der Waals surface area contributed by atoms with Crippen molar-refractivity contribution in [1.29, 1.82) is 0 Å². The van der Waals surface area contributed by atoms with Gasteiger partial charge in [-0.2, -0.15) is 0 Å². The van der Waals surface area contributed by atoms with Crippen LogP contribution in [0.4, 0.5) is 11.4 Å². The molecule has 0 bridgehead atoms. The molecule has 0 radical (unpaired) electrons. The Labute approximate surface area is 177 Å². The van der Waals surface area contributed by atoms with Gasteiger partial charge in [0.2, 0.25) is 0 Å². The number of amides is 1. The Morgan fingerprint density at radius 3 is 2.20 bits per heavy atom. The molecule has 3 rings (SSSR count). The van der Waals surface area contributed by atoms with E-state index in [1.54, 1.807) is 12.1 Å². The van der Waals surface area contributed by atoms with Gasteiger partial charge in [-0.1, -0.05) is 49.4 Å². The number of carbonyl (C=O) groups is 2. The molecule has 0 aromatic heterocycles. The van der Waals surface area contributed by atoms with Crippen molar-refractivity contribution in [2.75, 3.05) is 10.6 Å². The number of anilines is 2. The van der Waals surface area contributed by atoms with Gasteiger partial charge in [-0.25, -0.2) is 0 Å². The van der Waals surface area contributed by atoms with Crippen LogP contribution < -0.4 is 10.6 Å². The average molecular weight is 399 g/mol. The summed E-state index contributed by atoms with van der Waals surface area (Å²) in [6.45, 7) is 6.22. The van der Waals surface area contributed by atoms with Crippen LogP contribution in [0, 0.1) is 6.92 Å². The molecule has 2 N–H and O–H groups in total. The van der Waals surface area contributed by atoms with Gasteiger partial charge in [-0.05, 0) is 67.3 Å². The summed E-state index contributed by atoms with van der Waals surface area (Å²) in [6, 6.07) is 22.5. The predicted molar refractivity (Wildman–Crippen MR) is 124 cm³/mol. The highest BCUT2D eigenvalue weighted by Crippen LogP contribution is 2.27. The summed E-state index contributed by atoms with van der Waals surface area (Å²) < 4.78 is 0. The molecule has 1 amide bonds. The van der Waals surface area contributed by atoms with E-state index in [-0.39, 0.29) is 5.91 Å². The second-order valence-corrected chi connectivity index (χ2v) is 7.22. The van der Waals surface area contributed by atoms with Gasteiger partial charge in [-0.15, -0.1) is 0 Å². The van der Waals surface area contributed by atoms with Crippen LogP contribution in [-0.4, -0.2) is 12.2 Å². The molecule has 30 heavy (non-hydrogen) atoms. The number of benzene rings is 3. The summed E-state index contributed by atoms with van der Waals surface area (Å²) in [5.41, 5.74) is 7.29. The molecule has 4 nitrogen and oxygen atoms in total. The molecule has 4 heteroatoms. The van der Waals surface area contributed by atoms with E-state index in [1.165, 1.54) is 5.57 Å². The number of carbonyl (C=O) groups excluding carboxylic acids is 2. The van der Waals surface area contributed by atoms with E-state index in [0.717, 1.165) is 40.9 Å². The van der Waals surface area contributed by atoms with Gasteiger partial charge >= 0.3 is 0 Å². The molecule has 0 aliphatic carbocycles. The molecule has 0 aliphatic rings. The summed E-state index contributed by atoms with van der Waals surface area (Å²) in [5, 5.41) is 6.49. The van der Waals surface area contributed by atoms with Crippen molar-refractivity contribution in [3.8, 4) is 0 Å². The van der Waals surface area contributed by atoms with Crippen LogP contribution in [0.2, 0.25) is 0 Å². The molecule has 152 valence electrons. The Balaban J connectivity index is 1.82. The third-order valence-corrected chi connectivity index (χ3v) is 5.07. The molecule has 0 heterocycles. The first-order chi connectivity index (χ1) is 14.5. The highest BCUT2D eigenvalue weighted by molar-refractivity contribution is 6.04. The van der Waals surface area contributed by atoms with Crippen LogP contribution in [-0.2, 0) is 0 Å². The summed E-state index contributed by atoms with van der Waals surface area (Å²) in [7, 11) is 0. The maximum atomic E-state index is 12.4. The van der Waals surface area contributed by atoms with Crippen molar-refractivity contribution in [3.63, 3.8) is 0 Å². The Hall–Kier alpha value is -3.66. The van der Waals surface area contributed by atoms with Crippen LogP contribution in [0.15, 0.2) is 78.4 Å². The maximum Gasteiger partial charge on any atom is 0.255 e. The third-order valence-electron chi connectivity index (χ3n) is 5.07. The highest BCUT2D eigenvalue weighted by Gasteiger charge is 2.10. The quantitative estimate of drug-likeness (QED) is 0.458. The van der Waals surface area contributed by atoms with Gasteiger partial charge in [0.25, 0.3) is 5.91 Å². The van der Waals surface area contributed by atoms with E-state index in [9.17, 15) is 9.59 Å². The fourth-order valence-corrected chi connectivity index (χ4v) is 3.14. The lowest BCUT2D eigenvalue weighted by Gasteiger charge is -2.18. The Morgan fingerprint density at radius 1 is 0.900 bits per heavy atom. The van der Waals surface area contributed by atoms with Gasteiger partial charge in [-0.3, -0.25) is 9.59 Å². The number of aldehydes is 1. The first-order valence-electron chi connectivity index (χ1n) is 10.0. The van der Waals surface area contributed by atoms with Gasteiger partial charge in [0.05, 0.1) is 0 Å². The van der Waals surface area contributed by atoms with Crippen molar-refractivity contribution >= 4 is 29.3 Å². The zero-order valence-electron chi connectivity index (χ0n) is 17.5. The molecule has 3 aromatic rings. The summed E-state index contributed by atoms with van der Waals surface area (Å²) in [6.07, 6.45) is 1.75. The van der Waals surface area contributed by atoms with Gasteiger partial charge in [0, 0.05) is 28.2 Å². The van der Waals surface area contributed by atoms with E-state index < -0.39 is 0 Å². The fraction of sp³-hybridized carbons (Fsp3) is 0.154. The molecule has 0 atom stereocenters. The van der Waals surface area contributed by atoms with Crippen molar-refractivity contribution < 1.29 is 9.59 Å². The first-order valence-corrected chi connectivity index (χ1v) is 10.0. The van der Waals surface area contributed by atoms with Crippen molar-refractivity contribution in [1.82, 2.24) is 0 Å². The molecular weight excluding hydrogens is 372 g/mol. The van der Waals surface area contributed by atoms with Crippen LogP contribution in [0.5, 0.6) is 0 Å². The SMILES string of the molecule is CCC(C)=C(Nc1ccc(NC(=O)c2ccccc2)cc1C)c1ccc(C=O)cc1. The molecule has 0 fully saturated rings. The number of hydrogen-bond donors (Lipinski definition) is 2. The Morgan fingerprint density at radius 2 is 1.60 bits per heavy atom. The molecule has 0 saturated heterocycles. The first kappa shape index (κ1) is 21.1. The van der Waals surface area contributed by atoms with Gasteiger partial charge < -0.3 is 10.6 Å². The van der Waals surface area contributed by atoms with E-state index in [4.69, 9.17) is 0 Å². The molecule has 0 aliphatic heterocycles. The largest absolute Gasteiger partial charge is 0.355 e. The topological polar surface area (TPSA) is 58.2 Å². The monoisotopic (exact) mass is 398 g/mol. The molecule has 0 spiro atoms. The lowest BCUT2D eigenvalue weighted by Crippen LogP contribution is -2.12. The molecular formula is C26H26N2O2. The number of allylic oxidation sites excluding steroid dienone is 1. The molecule has 3 aromatic carbocycles. The lowest BCUT2D eigenvalue weighted by atomic mass is 10.0. The zero-order chi connectivity index (χ0) is 21.5. The fourth-order valence-electron chi connectivity index (χ4n) is 3.14. The summed E-state index contributed by atoms with van der Waals surface area (Å²) in [4.78, 5) is 23.3. The van der Waals surface area contributed by atoms with Crippen molar-refractivity contribution in [3.05, 3.63) is 101 Å². The Kier molecular flexibility index (Phi) is 6.81. The standard InChI is InChI=1S/C26H26N2O2/c1-4-18(2)25(21-12-10-20(17-29)11-13-21)28-24-15-14-23(16-19(24)3)27-26(30)22-8-6-5-7-9-22/h5-17,28H,4H2,1-3H3,(H,27,30). The third kappa shape index (κ3) is 5.03. The summed E-state index contributed by atoms with van der Waals surface area (Å²) >= 11 is 0. The minimum atomic E-state index is -0.131. The van der Waals surface area contributed by atoms with Gasteiger partial charge in [0.1, 0.15) is 6.29 Å². The van der Waals surface area contributed by atoms with E-state index in [1.807, 2.05) is 67.6 Å². The smallest absolute Gasteiger partial charge is 0.255 e. The van der Waals surface area contributed by atoms with E-state index in [0.29, 0.717) is 11.1 Å². The van der Waals surface area contributed by atoms with Crippen molar-refractivity contribution in [2.45, 2.75) is 27.2 Å². The number of aryl methyl sites for hydroxylation is 1. The zero-order valence-corrected chi connectivity index (χ0v) is 17.5. The van der Waals surface area contributed by atoms with E-state index in [2.05, 4.69) is 24.5 Å². The average Bonchev–Trinajstić information content (AvgIpc) is 2.79. The second-order valence-electron chi connectivity index (χ2n) is 7.22. The van der Waals surface area contributed by atoms with Crippen LogP contribution >= 0.6 is 0 Å². The normalized spacial score (nSPS) is 11.4. The van der Waals surface area contributed by atoms with Crippen LogP contribution in [0.25, 0.3) is 5.70 Å². The highest BCUT2D eigenvalue weighted by atomic mass is 16.1. The maximum absolute atomic E-state index is 12.4. The van der Waals surface area contributed by atoms with Crippen molar-refractivity contribution in [2.24, 2.45) is 0 Å². The summed E-state index contributed by atoms with van der Waals surface area (Å²) in [5.74, 6) is -0.131. The molecule has 0 saturated carbocycles. The number of hydrogen-bond acceptors (Lipinski definition) is 3. The minimum absolute atomic E-state index is 0.131. The lowest BCUT2D eigenvalue weighted by molar-refractivity contribution is 0.102. The second kappa shape index (κ2) is 9.70. The van der Waals surface area contributed by atoms with Crippen LogP contribution in [0.1, 0.15) is 52.1 Å². The number of nitrogens with one attached hydrogen (secondary N) is 2. The molecule has 0 unspecified atom stereocenters. The van der Waals surface area contributed by atoms with Gasteiger partial charge in [0.15, 0.2) is 0 Å².